The molecule has 0 bridgehead atoms. The second-order valence-electron chi connectivity index (χ2n) is 2.27. The third-order valence-electron chi connectivity index (χ3n) is 0.711. The Labute approximate surface area is 72.5 Å². The van der Waals surface area contributed by atoms with Crippen molar-refractivity contribution < 1.29 is 0 Å². The second kappa shape index (κ2) is 4.21. The van der Waals surface area contributed by atoms with Gasteiger partial charge in [0, 0.05) is 8.80 Å². The van der Waals surface area contributed by atoms with Crippen molar-refractivity contribution in [3.05, 3.63) is 0 Å². The van der Waals surface area contributed by atoms with Crippen LogP contribution in [0.5, 0.6) is 0 Å². The second-order valence-corrected chi connectivity index (χ2v) is 13.7. The molecule has 9 heavy (non-hydrogen) atoms. The molecule has 0 radical (unpaired) electrons. The fraction of sp³-hybridized carbons (Fsp3) is 1.00. The van der Waals surface area contributed by atoms with Crippen LogP contribution >= 0.6 is 33.2 Å². The summed E-state index contributed by atoms with van der Waals surface area (Å²) in [7, 11) is -0.600. The van der Waals surface area contributed by atoms with Crippen LogP contribution in [0.1, 0.15) is 0 Å². The molecule has 0 aliphatic carbocycles. The van der Waals surface area contributed by atoms with Crippen molar-refractivity contribution in [3.8, 4) is 0 Å². The summed E-state index contributed by atoms with van der Waals surface area (Å²) >= 11 is 16.7. The largest absolute Gasteiger partial charge is 0.421 e. The van der Waals surface area contributed by atoms with E-state index in [1.54, 1.807) is 0 Å². The molecular weight excluding hydrogens is 213 g/mol. The van der Waals surface area contributed by atoms with Crippen LogP contribution in [-0.2, 0) is 0 Å². The lowest BCUT2D eigenvalue weighted by atomic mass is 11.5. The summed E-state index contributed by atoms with van der Waals surface area (Å²) in [5, 5.41) is 0. The van der Waals surface area contributed by atoms with E-state index < -0.39 is 15.0 Å². The molecule has 0 fully saturated rings. The molecule has 0 heterocycles. The predicted molar refractivity (Wildman–Crippen MR) is 50.2 cm³/mol. The minimum absolute atomic E-state index is 0.600. The van der Waals surface area contributed by atoms with E-state index in [4.69, 9.17) is 33.2 Å². The molecule has 0 spiro atoms. The molecule has 1 N–H and O–H groups in total. The Hall–Kier alpha value is 1.26. The Bertz CT molecular complexity index is 81.6. The summed E-state index contributed by atoms with van der Waals surface area (Å²) < 4.78 is 0. The van der Waals surface area contributed by atoms with Crippen LogP contribution in [0.25, 0.3) is 0 Å². The number of hydrogen-bond donors (Lipinski definition) is 1. The molecule has 0 aliphatic rings. The number of hydrogen-bond acceptors (Lipinski definition) is 1. The molecule has 0 saturated carbocycles. The SMILES string of the molecule is C[SiH](C)CN[Si](Cl)(Cl)Cl. The zero-order valence-electron chi connectivity index (χ0n) is 5.42. The van der Waals surface area contributed by atoms with E-state index in [0.29, 0.717) is 0 Å². The molecule has 0 aromatic heterocycles. The molecule has 0 unspecified atom stereocenters. The lowest BCUT2D eigenvalue weighted by molar-refractivity contribution is 1.15. The van der Waals surface area contributed by atoms with Crippen molar-refractivity contribution in [1.29, 1.82) is 0 Å². The quantitative estimate of drug-likeness (QED) is 0.567. The van der Waals surface area contributed by atoms with Crippen molar-refractivity contribution in [2.75, 3.05) is 6.17 Å². The molecule has 0 aromatic carbocycles. The molecule has 6 heteroatoms. The van der Waals surface area contributed by atoms with Crippen molar-refractivity contribution in [1.82, 2.24) is 4.98 Å². The van der Waals surface area contributed by atoms with Gasteiger partial charge >= 0.3 is 6.16 Å². The van der Waals surface area contributed by atoms with Crippen LogP contribution in [0.4, 0.5) is 0 Å². The highest BCUT2D eigenvalue weighted by atomic mass is 35.8. The van der Waals surface area contributed by atoms with E-state index in [9.17, 15) is 0 Å². The Morgan fingerprint density at radius 1 is 1.33 bits per heavy atom. The first-order valence-corrected chi connectivity index (χ1v) is 10.9. The van der Waals surface area contributed by atoms with E-state index in [0.717, 1.165) is 6.17 Å². The molecule has 0 rings (SSSR count). The van der Waals surface area contributed by atoms with Gasteiger partial charge in [0.05, 0.1) is 0 Å². The van der Waals surface area contributed by atoms with Crippen LogP contribution in [-0.4, -0.2) is 21.1 Å². The average Bonchev–Trinajstić information content (AvgIpc) is 1.59. The molecule has 0 aliphatic heterocycles. The first kappa shape index (κ1) is 10.3. The summed E-state index contributed by atoms with van der Waals surface area (Å²) in [5.41, 5.74) is 0. The van der Waals surface area contributed by atoms with E-state index in [1.165, 1.54) is 0 Å². The maximum absolute atomic E-state index is 5.56. The zero-order chi connectivity index (χ0) is 7.49. The van der Waals surface area contributed by atoms with Gasteiger partial charge in [0.25, 0.3) is 0 Å². The van der Waals surface area contributed by atoms with Crippen LogP contribution in [0.15, 0.2) is 0 Å². The van der Waals surface area contributed by atoms with Gasteiger partial charge in [0.15, 0.2) is 0 Å². The van der Waals surface area contributed by atoms with Crippen molar-refractivity contribution in [2.24, 2.45) is 0 Å². The standard InChI is InChI=1S/C3H10Cl3NSi2/c1-8(2)3-7-9(4,5)6/h7-8H,3H2,1-2H3. The van der Waals surface area contributed by atoms with Crippen LogP contribution in [0.3, 0.4) is 0 Å². The fourth-order valence-corrected chi connectivity index (χ4v) is 4.96. The highest BCUT2D eigenvalue weighted by Gasteiger charge is 2.24. The van der Waals surface area contributed by atoms with E-state index >= 15 is 0 Å². The Kier molecular flexibility index (Phi) is 4.80. The maximum atomic E-state index is 5.56. The van der Waals surface area contributed by atoms with Crippen LogP contribution < -0.4 is 4.98 Å². The third-order valence-corrected chi connectivity index (χ3v) is 3.95. The Morgan fingerprint density at radius 3 is 1.89 bits per heavy atom. The van der Waals surface area contributed by atoms with Gasteiger partial charge in [-0.1, -0.05) is 13.1 Å². The predicted octanol–water partition coefficient (Wildman–Crippen LogP) is 1.75. The molecule has 0 saturated heterocycles. The van der Waals surface area contributed by atoms with Gasteiger partial charge in [-0.15, -0.1) is 33.2 Å². The lowest BCUT2D eigenvalue weighted by Gasteiger charge is -2.10. The highest BCUT2D eigenvalue weighted by Crippen LogP contribution is 2.14. The number of rotatable bonds is 3. The molecule has 0 aromatic rings. The third kappa shape index (κ3) is 9.26. The monoisotopic (exact) mass is 221 g/mol. The van der Waals surface area contributed by atoms with Crippen LogP contribution in [0.2, 0.25) is 13.1 Å². The van der Waals surface area contributed by atoms with Gasteiger partial charge in [0.2, 0.25) is 0 Å². The summed E-state index contributed by atoms with van der Waals surface area (Å²) in [6.45, 7) is 4.41. The number of halogens is 3. The van der Waals surface area contributed by atoms with Gasteiger partial charge < -0.3 is 4.98 Å². The summed E-state index contributed by atoms with van der Waals surface area (Å²) in [4.78, 5) is 2.92. The smallest absolute Gasteiger partial charge is 0.304 e. The Morgan fingerprint density at radius 2 is 1.78 bits per heavy atom. The van der Waals surface area contributed by atoms with Gasteiger partial charge in [-0.3, -0.25) is 0 Å². The first-order chi connectivity index (χ1) is 3.92. The topological polar surface area (TPSA) is 12.0 Å². The minimum Gasteiger partial charge on any atom is -0.304 e. The minimum atomic E-state index is -2.52. The molecule has 0 amide bonds. The molecule has 0 atom stereocenters. The fourth-order valence-electron chi connectivity index (χ4n) is 0.320. The van der Waals surface area contributed by atoms with Crippen molar-refractivity contribution in [3.63, 3.8) is 0 Å². The van der Waals surface area contributed by atoms with E-state index in [2.05, 4.69) is 18.1 Å². The highest BCUT2D eigenvalue weighted by molar-refractivity contribution is 7.63. The van der Waals surface area contributed by atoms with Crippen molar-refractivity contribution in [2.45, 2.75) is 13.1 Å². The first-order valence-electron chi connectivity index (χ1n) is 2.73. The van der Waals surface area contributed by atoms with Gasteiger partial charge in [0.1, 0.15) is 0 Å². The summed E-state index contributed by atoms with van der Waals surface area (Å²) in [5.74, 6) is 0. The normalized spacial score (nSPS) is 12.7. The van der Waals surface area contributed by atoms with Crippen molar-refractivity contribution >= 4 is 48.2 Å². The van der Waals surface area contributed by atoms with Gasteiger partial charge in [-0.2, -0.15) is 0 Å². The van der Waals surface area contributed by atoms with Gasteiger partial charge in [-0.25, -0.2) is 0 Å². The van der Waals surface area contributed by atoms with E-state index in [-0.39, 0.29) is 0 Å². The van der Waals surface area contributed by atoms with Crippen LogP contribution in [0, 0.1) is 0 Å². The molecule has 56 valence electrons. The molecule has 1 nitrogen and oxygen atoms in total. The zero-order valence-corrected chi connectivity index (χ0v) is 9.84. The van der Waals surface area contributed by atoms with E-state index in [1.807, 2.05) is 0 Å². The Balaban J connectivity index is 3.28. The number of nitrogens with one attached hydrogen (secondary N) is 1. The summed E-state index contributed by atoms with van der Waals surface area (Å²) in [6.07, 6.45) is -1.60. The average molecular weight is 223 g/mol. The lowest BCUT2D eigenvalue weighted by Crippen LogP contribution is -2.39. The molecular formula is C3H10Cl3NSi2. The van der Waals surface area contributed by atoms with Gasteiger partial charge in [-0.05, 0) is 6.17 Å². The maximum Gasteiger partial charge on any atom is 0.421 e. The summed E-state index contributed by atoms with van der Waals surface area (Å²) in [6, 6.07) is 0.